The molecule has 0 aromatic heterocycles. The number of benzene rings is 4. The molecule has 0 fully saturated rings. The second-order valence-electron chi connectivity index (χ2n) is 9.63. The molecule has 0 heterocycles. The summed E-state index contributed by atoms with van der Waals surface area (Å²) in [5.74, 6) is 0. The Balaban J connectivity index is 0.00000133. The zero-order chi connectivity index (χ0) is 23.8. The summed E-state index contributed by atoms with van der Waals surface area (Å²) in [5, 5.41) is 5.35. The second-order valence-corrected chi connectivity index (χ2v) is 9.63. The molecular weight excluding hydrogens is 623 g/mol. The Morgan fingerprint density at radius 2 is 0.921 bits per heavy atom. The Morgan fingerprint density at radius 1 is 0.526 bits per heavy atom. The maximum absolute atomic E-state index is 2.46. The minimum Gasteiger partial charge on any atom is -0.358 e. The minimum atomic E-state index is -0.0139. The van der Waals surface area contributed by atoms with Gasteiger partial charge in [0.15, 0.2) is 0 Å². The zero-order valence-corrected chi connectivity index (χ0v) is 26.6. The van der Waals surface area contributed by atoms with Gasteiger partial charge in [-0.05, 0) is 29.4 Å². The fourth-order valence-electron chi connectivity index (χ4n) is 5.99. The van der Waals surface area contributed by atoms with E-state index in [1.54, 1.807) is 0 Å². The van der Waals surface area contributed by atoms with Gasteiger partial charge in [-0.25, -0.2) is 0 Å². The van der Waals surface area contributed by atoms with E-state index in [0.29, 0.717) is 0 Å². The van der Waals surface area contributed by atoms with Crippen LogP contribution in [0.25, 0.3) is 43.8 Å². The van der Waals surface area contributed by atoms with Crippen LogP contribution in [0.1, 0.15) is 37.8 Å². The Morgan fingerprint density at radius 3 is 1.29 bits per heavy atom. The van der Waals surface area contributed by atoms with Crippen molar-refractivity contribution in [2.24, 2.45) is 0 Å². The summed E-state index contributed by atoms with van der Waals surface area (Å²) in [6.07, 6.45) is 2.13. The first-order valence-electron chi connectivity index (χ1n) is 12.7. The van der Waals surface area contributed by atoms with Crippen molar-refractivity contribution in [3.63, 3.8) is 0 Å². The molecule has 0 N–H and O–H groups in total. The van der Waals surface area contributed by atoms with Crippen molar-refractivity contribution in [2.75, 3.05) is 0 Å². The van der Waals surface area contributed by atoms with Crippen molar-refractivity contribution in [2.45, 2.75) is 32.1 Å². The molecule has 38 heavy (non-hydrogen) atoms. The molecule has 0 amide bonds. The van der Waals surface area contributed by atoms with Crippen LogP contribution in [0, 0.1) is 14.9 Å². The van der Waals surface area contributed by atoms with Crippen LogP contribution in [0.3, 0.4) is 0 Å². The van der Waals surface area contributed by atoms with E-state index in [1.807, 2.05) is 0 Å². The third-order valence-corrected chi connectivity index (χ3v) is 7.98. The van der Waals surface area contributed by atoms with Gasteiger partial charge in [0.25, 0.3) is 0 Å². The molecular formula is C37H36Hf. The van der Waals surface area contributed by atoms with Gasteiger partial charge < -0.3 is 14.9 Å². The maximum atomic E-state index is 2.46. The van der Waals surface area contributed by atoms with Gasteiger partial charge in [-0.1, -0.05) is 97.8 Å². The van der Waals surface area contributed by atoms with Crippen LogP contribution < -0.4 is 0 Å². The monoisotopic (exact) mass is 660 g/mol. The van der Waals surface area contributed by atoms with Gasteiger partial charge in [-0.15, -0.1) is 69.1 Å². The summed E-state index contributed by atoms with van der Waals surface area (Å²) in [6, 6.07) is 44.7. The van der Waals surface area contributed by atoms with Crippen LogP contribution in [0.15, 0.2) is 121 Å². The van der Waals surface area contributed by atoms with Crippen LogP contribution in [-0.4, -0.2) is 0 Å². The third-order valence-electron chi connectivity index (χ3n) is 7.98. The molecule has 0 radical (unpaired) electrons. The molecule has 0 saturated heterocycles. The standard InChI is InChI=1S/C35H30.2CH3.Hf/c1-3-35(4-2,29-21-27-17-11-19-31(33(27)23-29)25-13-7-5-8-14-25)30-22-28-18-12-20-32(34(28)24-30)26-15-9-6-10-16-26;;;/h5-24H,3-4H2,1-2H3;2*1H3;/q-2;2*-1;+4. The Bertz CT molecular complexity index is 1480. The zero-order valence-electron chi connectivity index (χ0n) is 23.0. The average molecular weight is 659 g/mol. The smallest absolute Gasteiger partial charge is 0.358 e. The van der Waals surface area contributed by atoms with E-state index in [9.17, 15) is 0 Å². The summed E-state index contributed by atoms with van der Waals surface area (Å²) in [5.41, 5.74) is 8.03. The maximum Gasteiger partial charge on any atom is 4.00 e. The summed E-state index contributed by atoms with van der Waals surface area (Å²) < 4.78 is 0. The van der Waals surface area contributed by atoms with Crippen LogP contribution in [0.4, 0.5) is 0 Å². The molecule has 0 aliphatic carbocycles. The molecule has 188 valence electrons. The van der Waals surface area contributed by atoms with Crippen LogP contribution >= 0.6 is 0 Å². The predicted octanol–water partition coefficient (Wildman–Crippen LogP) is 10.8. The molecule has 0 unspecified atom stereocenters. The van der Waals surface area contributed by atoms with E-state index in [0.717, 1.165) is 12.8 Å². The van der Waals surface area contributed by atoms with Gasteiger partial charge in [-0.2, -0.15) is 12.1 Å². The van der Waals surface area contributed by atoms with Crippen molar-refractivity contribution in [1.82, 2.24) is 0 Å². The molecule has 0 spiro atoms. The van der Waals surface area contributed by atoms with Gasteiger partial charge >= 0.3 is 25.8 Å². The normalized spacial score (nSPS) is 11.0. The molecule has 1 heteroatoms. The third kappa shape index (κ3) is 4.90. The van der Waals surface area contributed by atoms with Crippen molar-refractivity contribution in [1.29, 1.82) is 0 Å². The molecule has 0 aliphatic heterocycles. The van der Waals surface area contributed by atoms with Gasteiger partial charge in [0.1, 0.15) is 0 Å². The quantitative estimate of drug-likeness (QED) is 0.123. The molecule has 0 aliphatic rings. The van der Waals surface area contributed by atoms with E-state index < -0.39 is 0 Å². The number of hydrogen-bond donors (Lipinski definition) is 0. The number of hydrogen-bond acceptors (Lipinski definition) is 0. The van der Waals surface area contributed by atoms with Gasteiger partial charge in [0, 0.05) is 0 Å². The fourth-order valence-corrected chi connectivity index (χ4v) is 5.99. The molecule has 0 atom stereocenters. The first kappa shape index (κ1) is 29.5. The number of fused-ring (bicyclic) bond motifs is 2. The van der Waals surface area contributed by atoms with Crippen molar-refractivity contribution < 1.29 is 25.8 Å². The number of rotatable bonds is 6. The Labute approximate surface area is 247 Å². The summed E-state index contributed by atoms with van der Waals surface area (Å²) in [6.45, 7) is 4.68. The Kier molecular flexibility index (Phi) is 9.49. The SMILES string of the molecule is CCC(CC)(c1cc2c(-c3ccccc3)cccc2[cH-]1)c1cc2c(-c3ccccc3)cccc2[cH-]1.[CH3-].[CH3-].[Hf+4]. The largest absolute Gasteiger partial charge is 4.00 e. The summed E-state index contributed by atoms with van der Waals surface area (Å²) in [7, 11) is 0. The van der Waals surface area contributed by atoms with Crippen LogP contribution in [-0.2, 0) is 31.3 Å². The summed E-state index contributed by atoms with van der Waals surface area (Å²) >= 11 is 0. The molecule has 6 aromatic rings. The van der Waals surface area contributed by atoms with Crippen molar-refractivity contribution in [3.8, 4) is 22.3 Å². The average Bonchev–Trinajstić information content (AvgIpc) is 3.56. The Hall–Kier alpha value is -3.03. The van der Waals surface area contributed by atoms with Gasteiger partial charge in [0.05, 0.1) is 0 Å². The van der Waals surface area contributed by atoms with E-state index in [2.05, 4.69) is 135 Å². The van der Waals surface area contributed by atoms with Crippen molar-refractivity contribution in [3.05, 3.63) is 147 Å². The van der Waals surface area contributed by atoms with Crippen LogP contribution in [0.2, 0.25) is 0 Å². The van der Waals surface area contributed by atoms with E-state index in [1.165, 1.54) is 54.9 Å². The molecule has 0 nitrogen and oxygen atoms in total. The molecule has 6 aromatic carbocycles. The molecule has 0 bridgehead atoms. The van der Waals surface area contributed by atoms with E-state index in [4.69, 9.17) is 0 Å². The van der Waals surface area contributed by atoms with Gasteiger partial charge in [-0.3, -0.25) is 0 Å². The summed E-state index contributed by atoms with van der Waals surface area (Å²) in [4.78, 5) is 0. The van der Waals surface area contributed by atoms with Crippen LogP contribution in [0.5, 0.6) is 0 Å². The van der Waals surface area contributed by atoms with E-state index in [-0.39, 0.29) is 46.1 Å². The first-order valence-corrected chi connectivity index (χ1v) is 12.7. The topological polar surface area (TPSA) is 0 Å². The van der Waals surface area contributed by atoms with Gasteiger partial charge in [0.2, 0.25) is 0 Å². The fraction of sp³-hybridized carbons (Fsp3) is 0.135. The predicted molar refractivity (Wildman–Crippen MR) is 164 cm³/mol. The van der Waals surface area contributed by atoms with E-state index >= 15 is 0 Å². The van der Waals surface area contributed by atoms with Crippen molar-refractivity contribution >= 4 is 21.5 Å². The first-order chi connectivity index (χ1) is 17.2. The molecule has 6 rings (SSSR count). The molecule has 0 saturated carbocycles. The minimum absolute atomic E-state index is 0. The second kappa shape index (κ2) is 12.2.